The molecule has 0 aliphatic carbocycles. The number of para-hydroxylation sites is 1. The maximum absolute atomic E-state index is 12.2. The largest absolute Gasteiger partial charge is 0.349 e. The van der Waals surface area contributed by atoms with Gasteiger partial charge in [0.25, 0.3) is 5.56 Å². The van der Waals surface area contributed by atoms with E-state index in [0.29, 0.717) is 16.9 Å². The summed E-state index contributed by atoms with van der Waals surface area (Å²) >= 11 is 0. The van der Waals surface area contributed by atoms with Crippen LogP contribution in [0.25, 0.3) is 33.3 Å². The van der Waals surface area contributed by atoms with Gasteiger partial charge in [-0.3, -0.25) is 9.78 Å². The third kappa shape index (κ3) is 1.53. The average Bonchev–Trinajstić information content (AvgIpc) is 2.88. The Morgan fingerprint density at radius 1 is 1.00 bits per heavy atom. The summed E-state index contributed by atoms with van der Waals surface area (Å²) in [5, 5.41) is 0.943. The van der Waals surface area contributed by atoms with Gasteiger partial charge in [-0.15, -0.1) is 0 Å². The molecule has 3 aromatic heterocycles. The van der Waals surface area contributed by atoms with Gasteiger partial charge in [-0.05, 0) is 18.2 Å². The lowest BCUT2D eigenvalue weighted by molar-refractivity contribution is 1.16. The number of pyridine rings is 1. The van der Waals surface area contributed by atoms with Crippen molar-refractivity contribution in [2.24, 2.45) is 0 Å². The van der Waals surface area contributed by atoms with Gasteiger partial charge in [-0.25, -0.2) is 4.98 Å². The Morgan fingerprint density at radius 2 is 1.90 bits per heavy atom. The predicted molar refractivity (Wildman–Crippen MR) is 77.5 cm³/mol. The van der Waals surface area contributed by atoms with Crippen molar-refractivity contribution in [2.45, 2.75) is 0 Å². The Bertz CT molecular complexity index is 969. The van der Waals surface area contributed by atoms with Gasteiger partial charge >= 0.3 is 0 Å². The van der Waals surface area contributed by atoms with Crippen molar-refractivity contribution < 1.29 is 0 Å². The summed E-state index contributed by atoms with van der Waals surface area (Å²) in [5.41, 5.74) is 2.70. The van der Waals surface area contributed by atoms with E-state index in [1.807, 2.05) is 36.4 Å². The zero-order chi connectivity index (χ0) is 13.5. The highest BCUT2D eigenvalue weighted by atomic mass is 16.1. The average molecular weight is 262 g/mol. The van der Waals surface area contributed by atoms with E-state index in [9.17, 15) is 4.79 Å². The lowest BCUT2D eigenvalue weighted by atomic mass is 10.2. The third-order valence-electron chi connectivity index (χ3n) is 3.30. The quantitative estimate of drug-likeness (QED) is 0.553. The number of nitrogens with zero attached hydrogens (tertiary/aromatic N) is 2. The molecule has 4 rings (SSSR count). The normalized spacial score (nSPS) is 11.2. The number of benzene rings is 1. The molecular formula is C15H10N4O. The van der Waals surface area contributed by atoms with E-state index in [4.69, 9.17) is 0 Å². The number of hydrogen-bond donors (Lipinski definition) is 2. The molecule has 0 bridgehead atoms. The van der Waals surface area contributed by atoms with Crippen molar-refractivity contribution in [3.05, 3.63) is 59.1 Å². The van der Waals surface area contributed by atoms with E-state index in [1.54, 1.807) is 12.4 Å². The van der Waals surface area contributed by atoms with Crippen LogP contribution in [0.2, 0.25) is 0 Å². The second-order valence-electron chi connectivity index (χ2n) is 4.55. The third-order valence-corrected chi connectivity index (χ3v) is 3.30. The number of rotatable bonds is 1. The highest BCUT2D eigenvalue weighted by molar-refractivity contribution is 6.04. The minimum Gasteiger partial charge on any atom is -0.349 e. The first-order valence-corrected chi connectivity index (χ1v) is 6.24. The molecule has 0 fully saturated rings. The maximum Gasteiger partial charge on any atom is 0.275 e. The fourth-order valence-electron chi connectivity index (χ4n) is 2.36. The lowest BCUT2D eigenvalue weighted by Gasteiger charge is -2.00. The molecule has 5 heteroatoms. The summed E-state index contributed by atoms with van der Waals surface area (Å²) in [4.78, 5) is 26.7. The van der Waals surface area contributed by atoms with Crippen LogP contribution in [0.4, 0.5) is 0 Å². The summed E-state index contributed by atoms with van der Waals surface area (Å²) in [6.07, 6.45) is 3.37. The predicted octanol–water partition coefficient (Wildman–Crippen LogP) is 2.47. The number of nitrogens with one attached hydrogen (secondary N) is 2. The molecule has 4 aromatic rings. The summed E-state index contributed by atoms with van der Waals surface area (Å²) in [5.74, 6) is 0.528. The zero-order valence-electron chi connectivity index (χ0n) is 10.4. The first kappa shape index (κ1) is 10.9. The molecule has 2 N–H and O–H groups in total. The van der Waals surface area contributed by atoms with Crippen molar-refractivity contribution in [3.63, 3.8) is 0 Å². The standard InChI is InChI=1S/C15H10N4O/c20-15-13-12(10-5-1-2-6-11(10)17-13)18-14(19-15)9-4-3-7-16-8-9/h1-8,17H,(H,18,19,20). The Labute approximate surface area is 113 Å². The van der Waals surface area contributed by atoms with Crippen molar-refractivity contribution in [1.29, 1.82) is 0 Å². The Balaban J connectivity index is 2.11. The summed E-state index contributed by atoms with van der Waals surface area (Å²) in [6, 6.07) is 11.4. The molecule has 0 aliphatic rings. The molecule has 1 aromatic carbocycles. The molecule has 0 saturated heterocycles. The van der Waals surface area contributed by atoms with E-state index in [1.165, 1.54) is 0 Å². The van der Waals surface area contributed by atoms with E-state index >= 15 is 0 Å². The SMILES string of the molecule is O=c1[nH]c(-c2cccnc2)nc2c1[nH]c1ccccc12. The van der Waals surface area contributed by atoms with Gasteiger partial charge < -0.3 is 9.97 Å². The number of fused-ring (bicyclic) bond motifs is 3. The summed E-state index contributed by atoms with van der Waals surface area (Å²) in [7, 11) is 0. The smallest absolute Gasteiger partial charge is 0.275 e. The lowest BCUT2D eigenvalue weighted by Crippen LogP contribution is -2.09. The van der Waals surface area contributed by atoms with Crippen LogP contribution >= 0.6 is 0 Å². The van der Waals surface area contributed by atoms with Gasteiger partial charge in [-0.1, -0.05) is 18.2 Å². The molecule has 20 heavy (non-hydrogen) atoms. The second kappa shape index (κ2) is 4.03. The maximum atomic E-state index is 12.2. The number of H-pyrrole nitrogens is 2. The number of aromatic amines is 2. The molecule has 0 spiro atoms. The van der Waals surface area contributed by atoms with Crippen LogP contribution in [-0.4, -0.2) is 19.9 Å². The number of aromatic nitrogens is 4. The van der Waals surface area contributed by atoms with E-state index in [2.05, 4.69) is 19.9 Å². The highest BCUT2D eigenvalue weighted by Crippen LogP contribution is 2.22. The topological polar surface area (TPSA) is 74.4 Å². The molecule has 0 unspecified atom stereocenters. The Hall–Kier alpha value is -2.95. The van der Waals surface area contributed by atoms with E-state index in [-0.39, 0.29) is 5.56 Å². The molecule has 0 amide bonds. The number of hydrogen-bond acceptors (Lipinski definition) is 3. The molecule has 0 aliphatic heterocycles. The van der Waals surface area contributed by atoms with Gasteiger partial charge in [0.15, 0.2) is 0 Å². The molecule has 96 valence electrons. The van der Waals surface area contributed by atoms with E-state index < -0.39 is 0 Å². The van der Waals surface area contributed by atoms with Gasteiger partial charge in [-0.2, -0.15) is 0 Å². The second-order valence-corrected chi connectivity index (χ2v) is 4.55. The minimum atomic E-state index is -0.176. The molecular weight excluding hydrogens is 252 g/mol. The van der Waals surface area contributed by atoms with Gasteiger partial charge in [0.1, 0.15) is 16.9 Å². The van der Waals surface area contributed by atoms with Crippen LogP contribution in [0.1, 0.15) is 0 Å². The van der Waals surface area contributed by atoms with Crippen LogP contribution in [0.5, 0.6) is 0 Å². The van der Waals surface area contributed by atoms with Crippen molar-refractivity contribution in [3.8, 4) is 11.4 Å². The van der Waals surface area contributed by atoms with Crippen LogP contribution in [0.15, 0.2) is 53.6 Å². The first-order valence-electron chi connectivity index (χ1n) is 6.24. The summed E-state index contributed by atoms with van der Waals surface area (Å²) in [6.45, 7) is 0. The Morgan fingerprint density at radius 3 is 2.75 bits per heavy atom. The molecule has 5 nitrogen and oxygen atoms in total. The molecule has 0 atom stereocenters. The Kier molecular flexibility index (Phi) is 2.20. The fourth-order valence-corrected chi connectivity index (χ4v) is 2.36. The monoisotopic (exact) mass is 262 g/mol. The van der Waals surface area contributed by atoms with Gasteiger partial charge in [0, 0.05) is 28.9 Å². The summed E-state index contributed by atoms with van der Waals surface area (Å²) < 4.78 is 0. The van der Waals surface area contributed by atoms with Crippen LogP contribution in [0.3, 0.4) is 0 Å². The van der Waals surface area contributed by atoms with Crippen LogP contribution in [0, 0.1) is 0 Å². The van der Waals surface area contributed by atoms with E-state index in [0.717, 1.165) is 16.5 Å². The van der Waals surface area contributed by atoms with Gasteiger partial charge in [0.05, 0.1) is 0 Å². The molecule has 0 saturated carbocycles. The highest BCUT2D eigenvalue weighted by Gasteiger charge is 2.11. The minimum absolute atomic E-state index is 0.176. The van der Waals surface area contributed by atoms with Crippen LogP contribution in [-0.2, 0) is 0 Å². The van der Waals surface area contributed by atoms with Crippen LogP contribution < -0.4 is 5.56 Å². The first-order chi connectivity index (χ1) is 9.83. The van der Waals surface area contributed by atoms with Crippen molar-refractivity contribution in [2.75, 3.05) is 0 Å². The molecule has 3 heterocycles. The zero-order valence-corrected chi connectivity index (χ0v) is 10.4. The molecule has 0 radical (unpaired) electrons. The fraction of sp³-hybridized carbons (Fsp3) is 0. The van der Waals surface area contributed by atoms with Crippen molar-refractivity contribution >= 4 is 21.9 Å². The van der Waals surface area contributed by atoms with Crippen molar-refractivity contribution in [1.82, 2.24) is 19.9 Å². The van der Waals surface area contributed by atoms with Gasteiger partial charge in [0.2, 0.25) is 0 Å².